The Labute approximate surface area is 160 Å². The van der Waals surface area contributed by atoms with Gasteiger partial charge in [-0.05, 0) is 43.5 Å². The molecule has 1 amide bonds. The quantitative estimate of drug-likeness (QED) is 0.445. The predicted molar refractivity (Wildman–Crippen MR) is 111 cm³/mol. The molecule has 3 aromatic rings. The monoisotopic (exact) mass is 361 g/mol. The van der Waals surface area contributed by atoms with Crippen LogP contribution in [0.3, 0.4) is 0 Å². The maximum Gasteiger partial charge on any atom is 0.243 e. The molecule has 3 rings (SSSR count). The Morgan fingerprint density at radius 1 is 1.11 bits per heavy atom. The molecule has 1 aromatic heterocycles. The van der Waals surface area contributed by atoms with Gasteiger partial charge in [-0.1, -0.05) is 55.5 Å². The lowest BCUT2D eigenvalue weighted by molar-refractivity contribution is -0.116. The zero-order valence-corrected chi connectivity index (χ0v) is 15.9. The fraction of sp³-hybridized carbons (Fsp3) is 0.304. The minimum atomic E-state index is -0.103. The van der Waals surface area contributed by atoms with Gasteiger partial charge in [0.15, 0.2) is 0 Å². The van der Waals surface area contributed by atoms with E-state index in [1.807, 2.05) is 12.1 Å². The third-order valence-electron chi connectivity index (χ3n) is 4.90. The number of imidazole rings is 1. The molecule has 0 saturated heterocycles. The molecule has 1 unspecified atom stereocenters. The number of carbonyl (C=O) groups excluding carboxylic acids is 1. The van der Waals surface area contributed by atoms with Crippen molar-refractivity contribution in [3.63, 3.8) is 0 Å². The van der Waals surface area contributed by atoms with E-state index in [1.54, 1.807) is 0 Å². The van der Waals surface area contributed by atoms with Crippen LogP contribution in [0.2, 0.25) is 0 Å². The maximum atomic E-state index is 11.2. The highest BCUT2D eigenvalue weighted by Gasteiger charge is 2.16. The number of amides is 1. The summed E-state index contributed by atoms with van der Waals surface area (Å²) in [7, 11) is 0. The second kappa shape index (κ2) is 9.17. The van der Waals surface area contributed by atoms with Crippen LogP contribution >= 0.6 is 0 Å². The van der Waals surface area contributed by atoms with Crippen LogP contribution in [0.1, 0.15) is 43.6 Å². The van der Waals surface area contributed by atoms with Crippen molar-refractivity contribution in [3.05, 3.63) is 78.6 Å². The zero-order chi connectivity index (χ0) is 19.1. The molecule has 4 heteroatoms. The highest BCUT2D eigenvalue weighted by Crippen LogP contribution is 2.26. The van der Waals surface area contributed by atoms with E-state index in [4.69, 9.17) is 4.98 Å². The van der Waals surface area contributed by atoms with Crippen LogP contribution in [0.4, 0.5) is 0 Å². The Balaban J connectivity index is 1.71. The molecular weight excluding hydrogens is 334 g/mol. The first-order chi connectivity index (χ1) is 13.2. The van der Waals surface area contributed by atoms with Crippen LogP contribution in [-0.4, -0.2) is 22.0 Å². The number of aryl methyl sites for hydroxylation is 1. The Morgan fingerprint density at radius 2 is 1.85 bits per heavy atom. The van der Waals surface area contributed by atoms with Crippen LogP contribution in [0.25, 0.3) is 11.0 Å². The molecule has 0 radical (unpaired) electrons. The number of nitrogens with one attached hydrogen (secondary N) is 1. The molecule has 0 fully saturated rings. The second-order valence-electron chi connectivity index (χ2n) is 6.78. The average Bonchev–Trinajstić information content (AvgIpc) is 3.08. The van der Waals surface area contributed by atoms with Gasteiger partial charge in [0.25, 0.3) is 0 Å². The van der Waals surface area contributed by atoms with Gasteiger partial charge >= 0.3 is 0 Å². The summed E-state index contributed by atoms with van der Waals surface area (Å²) in [6, 6.07) is 19.1. The lowest BCUT2D eigenvalue weighted by Gasteiger charge is -2.18. The number of nitrogens with zero attached hydrogens (tertiary/aromatic N) is 2. The summed E-state index contributed by atoms with van der Waals surface area (Å²) < 4.78 is 2.37. The summed E-state index contributed by atoms with van der Waals surface area (Å²) in [6.45, 7) is 6.39. The summed E-state index contributed by atoms with van der Waals surface area (Å²) in [5, 5.41) is 2.83. The molecular formula is C23H27N3O. The van der Waals surface area contributed by atoms with Crippen molar-refractivity contribution in [2.75, 3.05) is 6.54 Å². The first kappa shape index (κ1) is 18.9. The summed E-state index contributed by atoms with van der Waals surface area (Å²) in [4.78, 5) is 16.1. The van der Waals surface area contributed by atoms with Crippen molar-refractivity contribution in [1.29, 1.82) is 0 Å². The van der Waals surface area contributed by atoms with Crippen LogP contribution < -0.4 is 5.32 Å². The van der Waals surface area contributed by atoms with Gasteiger partial charge in [-0.3, -0.25) is 4.79 Å². The van der Waals surface area contributed by atoms with Gasteiger partial charge in [0.1, 0.15) is 5.82 Å². The zero-order valence-electron chi connectivity index (χ0n) is 15.9. The van der Waals surface area contributed by atoms with Gasteiger partial charge in [-0.15, -0.1) is 0 Å². The summed E-state index contributed by atoms with van der Waals surface area (Å²) in [6.07, 6.45) is 5.32. The Hall–Kier alpha value is -2.88. The van der Waals surface area contributed by atoms with E-state index in [1.165, 1.54) is 17.2 Å². The summed E-state index contributed by atoms with van der Waals surface area (Å²) >= 11 is 0. The normalized spacial score (nSPS) is 12.0. The number of fused-ring (bicyclic) bond motifs is 1. The summed E-state index contributed by atoms with van der Waals surface area (Å²) in [5.74, 6) is 1.02. The number of benzene rings is 2. The van der Waals surface area contributed by atoms with Gasteiger partial charge in [0.2, 0.25) is 5.91 Å². The van der Waals surface area contributed by atoms with E-state index in [0.29, 0.717) is 6.54 Å². The first-order valence-electron chi connectivity index (χ1n) is 9.61. The third-order valence-corrected chi connectivity index (χ3v) is 4.90. The molecule has 1 atom stereocenters. The molecule has 1 N–H and O–H groups in total. The molecule has 0 aliphatic carbocycles. The first-order valence-corrected chi connectivity index (χ1v) is 9.61. The molecule has 0 bridgehead atoms. The lowest BCUT2D eigenvalue weighted by Crippen LogP contribution is -2.21. The molecule has 140 valence electrons. The number of aromatic nitrogens is 2. The second-order valence-corrected chi connectivity index (χ2v) is 6.78. The fourth-order valence-corrected chi connectivity index (χ4v) is 3.45. The van der Waals surface area contributed by atoms with E-state index in [-0.39, 0.29) is 11.9 Å². The average molecular weight is 361 g/mol. The molecule has 0 aliphatic heterocycles. The highest BCUT2D eigenvalue weighted by molar-refractivity contribution is 5.86. The molecule has 0 saturated carbocycles. The van der Waals surface area contributed by atoms with Gasteiger partial charge in [-0.25, -0.2) is 4.98 Å². The molecule has 27 heavy (non-hydrogen) atoms. The maximum absolute atomic E-state index is 11.2. The van der Waals surface area contributed by atoms with Gasteiger partial charge < -0.3 is 9.88 Å². The Morgan fingerprint density at radius 3 is 2.63 bits per heavy atom. The van der Waals surface area contributed by atoms with Crippen LogP contribution in [0.5, 0.6) is 0 Å². The fourth-order valence-electron chi connectivity index (χ4n) is 3.45. The van der Waals surface area contributed by atoms with E-state index in [0.717, 1.165) is 37.0 Å². The Bertz CT molecular complexity index is 898. The molecule has 0 spiro atoms. The van der Waals surface area contributed by atoms with E-state index < -0.39 is 0 Å². The van der Waals surface area contributed by atoms with E-state index >= 15 is 0 Å². The smallest absolute Gasteiger partial charge is 0.243 e. The minimum Gasteiger partial charge on any atom is -0.353 e. The van der Waals surface area contributed by atoms with Crippen molar-refractivity contribution in [3.8, 4) is 0 Å². The van der Waals surface area contributed by atoms with E-state index in [9.17, 15) is 4.79 Å². The largest absolute Gasteiger partial charge is 0.353 e. The number of hydrogen-bond acceptors (Lipinski definition) is 2. The third kappa shape index (κ3) is 4.64. The van der Waals surface area contributed by atoms with Crippen molar-refractivity contribution < 1.29 is 4.79 Å². The number of hydrogen-bond donors (Lipinski definition) is 1. The van der Waals surface area contributed by atoms with Gasteiger partial charge in [0.05, 0.1) is 17.1 Å². The van der Waals surface area contributed by atoms with Crippen molar-refractivity contribution in [1.82, 2.24) is 14.9 Å². The van der Waals surface area contributed by atoms with Crippen LogP contribution in [-0.2, 0) is 11.2 Å². The lowest BCUT2D eigenvalue weighted by atomic mass is 10.1. The number of carbonyl (C=O) groups is 1. The van der Waals surface area contributed by atoms with Crippen LogP contribution in [0, 0.1) is 0 Å². The van der Waals surface area contributed by atoms with Crippen molar-refractivity contribution in [2.45, 2.75) is 38.6 Å². The topological polar surface area (TPSA) is 46.9 Å². The van der Waals surface area contributed by atoms with E-state index in [2.05, 4.69) is 65.9 Å². The standard InChI is InChI=1S/C23H27N3O/c1-3-23(27)24-17-11-5-8-16-22-25-20-14-9-10-15-21(20)26(22)18(2)19-12-6-4-7-13-19/h3-4,6-7,9-10,12-15,18H,1,5,8,11,16-17H2,2H3,(H,24,27). The SMILES string of the molecule is C=CC(=O)NCCCCCc1nc2ccccc2n1C(C)c1ccccc1. The predicted octanol–water partition coefficient (Wildman–Crippen LogP) is 4.66. The van der Waals surface area contributed by atoms with Crippen LogP contribution in [0.15, 0.2) is 67.3 Å². The number of unbranched alkanes of at least 4 members (excludes halogenated alkanes) is 2. The molecule has 4 nitrogen and oxygen atoms in total. The van der Waals surface area contributed by atoms with Gasteiger partial charge in [-0.2, -0.15) is 0 Å². The Kier molecular flexibility index (Phi) is 6.42. The molecule has 1 heterocycles. The minimum absolute atomic E-state index is 0.103. The molecule has 2 aromatic carbocycles. The highest BCUT2D eigenvalue weighted by atomic mass is 16.1. The van der Waals surface area contributed by atoms with Crippen molar-refractivity contribution in [2.24, 2.45) is 0 Å². The summed E-state index contributed by atoms with van der Waals surface area (Å²) in [5.41, 5.74) is 3.52. The molecule has 0 aliphatic rings. The van der Waals surface area contributed by atoms with Gasteiger partial charge in [0, 0.05) is 13.0 Å². The number of rotatable bonds is 9. The number of para-hydroxylation sites is 2. The van der Waals surface area contributed by atoms with Crippen molar-refractivity contribution >= 4 is 16.9 Å².